The Morgan fingerprint density at radius 3 is 2.88 bits per heavy atom. The van der Waals surface area contributed by atoms with Crippen molar-refractivity contribution < 1.29 is 14.3 Å². The van der Waals surface area contributed by atoms with Crippen LogP contribution in [-0.2, 0) is 10.3 Å². The average Bonchev–Trinajstić information content (AvgIpc) is 3.08. The lowest BCUT2D eigenvalue weighted by Gasteiger charge is -2.32. The number of aromatic nitrogens is 2. The van der Waals surface area contributed by atoms with Crippen molar-refractivity contribution in [3.05, 3.63) is 48.4 Å². The molecule has 3 heterocycles. The molecule has 0 radical (unpaired) electrons. The number of nitrogens with zero attached hydrogens (tertiary/aromatic N) is 2. The van der Waals surface area contributed by atoms with Gasteiger partial charge in [0.05, 0.1) is 24.8 Å². The number of rotatable bonds is 4. The Balaban J connectivity index is 1.66. The van der Waals surface area contributed by atoms with Gasteiger partial charge in [-0.15, -0.1) is 0 Å². The van der Waals surface area contributed by atoms with E-state index in [1.165, 1.54) is 0 Å². The van der Waals surface area contributed by atoms with Crippen molar-refractivity contribution in [3.63, 3.8) is 0 Å². The normalized spacial score (nSPS) is 20.9. The number of carbonyl (C=O) groups excluding carboxylic acids is 1. The van der Waals surface area contributed by atoms with Crippen LogP contribution in [0.15, 0.2) is 42.9 Å². The van der Waals surface area contributed by atoms with E-state index in [4.69, 9.17) is 9.47 Å². The summed E-state index contributed by atoms with van der Waals surface area (Å²) in [5.41, 5.74) is 0.578. The molecule has 1 aliphatic heterocycles. The summed E-state index contributed by atoms with van der Waals surface area (Å²) < 4.78 is 13.5. The summed E-state index contributed by atoms with van der Waals surface area (Å²) in [4.78, 5) is 16.8. The van der Waals surface area contributed by atoms with Gasteiger partial charge in [-0.25, -0.2) is 4.98 Å². The van der Waals surface area contributed by atoms with Crippen molar-refractivity contribution in [2.75, 3.05) is 13.2 Å². The van der Waals surface area contributed by atoms with E-state index in [1.807, 2.05) is 41.2 Å². The molecule has 134 valence electrons. The van der Waals surface area contributed by atoms with Crippen molar-refractivity contribution >= 4 is 5.91 Å². The molecule has 6 heteroatoms. The van der Waals surface area contributed by atoms with Crippen LogP contribution in [0.5, 0.6) is 5.88 Å². The van der Waals surface area contributed by atoms with Gasteiger partial charge in [0, 0.05) is 36.6 Å². The average molecular weight is 343 g/mol. The summed E-state index contributed by atoms with van der Waals surface area (Å²) in [5.74, 6) is 0.445. The Labute approximate surface area is 148 Å². The summed E-state index contributed by atoms with van der Waals surface area (Å²) in [7, 11) is 0. The van der Waals surface area contributed by atoms with Crippen molar-refractivity contribution in [2.24, 2.45) is 0 Å². The van der Waals surface area contributed by atoms with Gasteiger partial charge in [-0.2, -0.15) is 0 Å². The molecule has 0 spiro atoms. The highest BCUT2D eigenvalue weighted by molar-refractivity contribution is 5.94. The second-order valence-electron chi connectivity index (χ2n) is 7.25. The summed E-state index contributed by atoms with van der Waals surface area (Å²) in [6, 6.07) is 7.16. The fraction of sp³-hybridized carbons (Fsp3) is 0.474. The fourth-order valence-corrected chi connectivity index (χ4v) is 2.77. The van der Waals surface area contributed by atoms with E-state index in [2.05, 4.69) is 31.1 Å². The number of hydrogen-bond acceptors (Lipinski definition) is 4. The minimum Gasteiger partial charge on any atom is -0.472 e. The highest BCUT2D eigenvalue weighted by Crippen LogP contribution is 2.18. The molecule has 2 atom stereocenters. The van der Waals surface area contributed by atoms with Gasteiger partial charge in [0.15, 0.2) is 0 Å². The first-order chi connectivity index (χ1) is 11.9. The summed E-state index contributed by atoms with van der Waals surface area (Å²) in [6.07, 6.45) is 6.04. The molecule has 0 saturated carbocycles. The van der Waals surface area contributed by atoms with E-state index < -0.39 is 0 Å². The minimum atomic E-state index is -0.207. The van der Waals surface area contributed by atoms with E-state index in [1.54, 1.807) is 6.20 Å². The zero-order valence-corrected chi connectivity index (χ0v) is 14.9. The molecule has 3 rings (SSSR count). The fourth-order valence-electron chi connectivity index (χ4n) is 2.77. The molecule has 1 saturated heterocycles. The maximum Gasteiger partial charge on any atom is 0.253 e. The zero-order chi connectivity index (χ0) is 17.9. The molecule has 1 aliphatic rings. The highest BCUT2D eigenvalue weighted by atomic mass is 16.5. The molecule has 2 aromatic heterocycles. The van der Waals surface area contributed by atoms with Crippen LogP contribution in [0.1, 0.15) is 37.6 Å². The van der Waals surface area contributed by atoms with E-state index in [0.29, 0.717) is 31.1 Å². The Morgan fingerprint density at radius 2 is 2.20 bits per heavy atom. The first-order valence-corrected chi connectivity index (χ1v) is 8.58. The van der Waals surface area contributed by atoms with Gasteiger partial charge in [0.25, 0.3) is 5.91 Å². The maximum absolute atomic E-state index is 12.6. The lowest BCUT2D eigenvalue weighted by Crippen LogP contribution is -2.51. The van der Waals surface area contributed by atoms with E-state index in [-0.39, 0.29) is 23.6 Å². The number of ether oxygens (including phenoxy) is 2. The Morgan fingerprint density at radius 1 is 1.36 bits per heavy atom. The summed E-state index contributed by atoms with van der Waals surface area (Å²) in [6.45, 7) is 7.34. The zero-order valence-electron chi connectivity index (χ0n) is 14.9. The SMILES string of the molecule is CC(C)(C)n1ccc(C(=O)N[C@@H]2COCC[C@H]2Oc2ccccn2)c1. The molecule has 1 fully saturated rings. The second-order valence-corrected chi connectivity index (χ2v) is 7.25. The molecule has 0 bridgehead atoms. The van der Waals surface area contributed by atoms with Crippen LogP contribution in [0.2, 0.25) is 0 Å². The molecule has 1 N–H and O–H groups in total. The van der Waals surface area contributed by atoms with Crippen LogP contribution < -0.4 is 10.1 Å². The topological polar surface area (TPSA) is 65.4 Å². The third kappa shape index (κ3) is 4.39. The first-order valence-electron chi connectivity index (χ1n) is 8.58. The predicted molar refractivity (Wildman–Crippen MR) is 94.8 cm³/mol. The monoisotopic (exact) mass is 343 g/mol. The lowest BCUT2D eigenvalue weighted by atomic mass is 10.1. The molecular formula is C19H25N3O3. The smallest absolute Gasteiger partial charge is 0.253 e. The molecule has 0 unspecified atom stereocenters. The largest absolute Gasteiger partial charge is 0.472 e. The molecular weight excluding hydrogens is 318 g/mol. The minimum absolute atomic E-state index is 0.0584. The van der Waals surface area contributed by atoms with Crippen LogP contribution in [0, 0.1) is 0 Å². The van der Waals surface area contributed by atoms with Crippen LogP contribution in [0.3, 0.4) is 0 Å². The van der Waals surface area contributed by atoms with Gasteiger partial charge < -0.3 is 19.4 Å². The third-order valence-electron chi connectivity index (χ3n) is 4.25. The Hall–Kier alpha value is -2.34. The molecule has 25 heavy (non-hydrogen) atoms. The molecule has 0 aromatic carbocycles. The van der Waals surface area contributed by atoms with Crippen LogP contribution >= 0.6 is 0 Å². The number of nitrogens with one attached hydrogen (secondary N) is 1. The number of carbonyl (C=O) groups is 1. The lowest BCUT2D eigenvalue weighted by molar-refractivity contribution is -0.00448. The second kappa shape index (κ2) is 7.27. The van der Waals surface area contributed by atoms with Gasteiger partial charge in [-0.3, -0.25) is 4.79 Å². The quantitative estimate of drug-likeness (QED) is 0.927. The third-order valence-corrected chi connectivity index (χ3v) is 4.25. The van der Waals surface area contributed by atoms with E-state index >= 15 is 0 Å². The van der Waals surface area contributed by atoms with Crippen LogP contribution in [-0.4, -0.2) is 40.8 Å². The molecule has 0 aliphatic carbocycles. The summed E-state index contributed by atoms with van der Waals surface area (Å²) in [5, 5.41) is 3.04. The summed E-state index contributed by atoms with van der Waals surface area (Å²) >= 11 is 0. The van der Waals surface area contributed by atoms with Crippen molar-refractivity contribution in [1.29, 1.82) is 0 Å². The van der Waals surface area contributed by atoms with Crippen LogP contribution in [0.25, 0.3) is 0 Å². The first kappa shape index (κ1) is 17.5. The van der Waals surface area contributed by atoms with Crippen LogP contribution in [0.4, 0.5) is 0 Å². The van der Waals surface area contributed by atoms with Gasteiger partial charge in [-0.1, -0.05) is 6.07 Å². The van der Waals surface area contributed by atoms with Gasteiger partial charge in [0.2, 0.25) is 5.88 Å². The molecule has 2 aromatic rings. The van der Waals surface area contributed by atoms with Gasteiger partial charge in [0.1, 0.15) is 6.10 Å². The number of hydrogen-bond donors (Lipinski definition) is 1. The standard InChI is InChI=1S/C19H25N3O3/c1-19(2,3)22-10-7-14(12-22)18(23)21-15-13-24-11-8-16(15)25-17-6-4-5-9-20-17/h4-7,9-10,12,15-16H,8,11,13H2,1-3H3,(H,21,23)/t15-,16-/m1/s1. The van der Waals surface area contributed by atoms with Crippen molar-refractivity contribution in [1.82, 2.24) is 14.9 Å². The predicted octanol–water partition coefficient (Wildman–Crippen LogP) is 2.60. The Bertz CT molecular complexity index is 706. The Kier molecular flexibility index (Phi) is 5.08. The number of amides is 1. The van der Waals surface area contributed by atoms with Gasteiger partial charge in [-0.05, 0) is 32.9 Å². The molecule has 1 amide bonds. The highest BCUT2D eigenvalue weighted by Gasteiger charge is 2.30. The molecule has 6 nitrogen and oxygen atoms in total. The van der Waals surface area contributed by atoms with Crippen molar-refractivity contribution in [2.45, 2.75) is 44.9 Å². The maximum atomic E-state index is 12.6. The van der Waals surface area contributed by atoms with E-state index in [0.717, 1.165) is 0 Å². The number of pyridine rings is 1. The van der Waals surface area contributed by atoms with Gasteiger partial charge >= 0.3 is 0 Å². The van der Waals surface area contributed by atoms with Crippen molar-refractivity contribution in [3.8, 4) is 5.88 Å². The van der Waals surface area contributed by atoms with E-state index in [9.17, 15) is 4.79 Å².